The molecule has 1 aliphatic rings. The smallest absolute Gasteiger partial charge is 0.253 e. The van der Waals surface area contributed by atoms with E-state index >= 15 is 0 Å². The van der Waals surface area contributed by atoms with E-state index in [1.165, 1.54) is 6.42 Å². The van der Waals surface area contributed by atoms with E-state index in [9.17, 15) is 9.59 Å². The average molecular weight is 412 g/mol. The fraction of sp³-hybridized carbons (Fsp3) is 0.391. The second kappa shape index (κ2) is 11.2. The quantitative estimate of drug-likeness (QED) is 0.619. The lowest BCUT2D eigenvalue weighted by Gasteiger charge is -2.26. The van der Waals surface area contributed by atoms with Crippen LogP contribution in [-0.2, 0) is 9.53 Å². The summed E-state index contributed by atoms with van der Waals surface area (Å²) in [6.07, 6.45) is 3.32. The number of rotatable bonds is 9. The van der Waals surface area contributed by atoms with Gasteiger partial charge >= 0.3 is 0 Å². The molecule has 0 spiro atoms. The van der Waals surface area contributed by atoms with Crippen molar-refractivity contribution >= 4 is 23.2 Å². The average Bonchev–Trinajstić information content (AvgIpc) is 2.79. The molecule has 0 unspecified atom stereocenters. The van der Waals surface area contributed by atoms with Crippen LogP contribution in [0.1, 0.15) is 29.6 Å². The van der Waals surface area contributed by atoms with E-state index in [1.54, 1.807) is 31.4 Å². The lowest BCUT2D eigenvalue weighted by Crippen LogP contribution is -2.35. The first kappa shape index (κ1) is 21.6. The van der Waals surface area contributed by atoms with Crippen LogP contribution in [0, 0.1) is 0 Å². The summed E-state index contributed by atoms with van der Waals surface area (Å²) in [5, 5.41) is 5.92. The Labute approximate surface area is 177 Å². The molecule has 0 bridgehead atoms. The van der Waals surface area contributed by atoms with Crippen molar-refractivity contribution in [3.63, 3.8) is 0 Å². The molecule has 0 atom stereocenters. The Morgan fingerprint density at radius 3 is 2.47 bits per heavy atom. The minimum absolute atomic E-state index is 0.0573. The highest BCUT2D eigenvalue weighted by Gasteiger charge is 2.18. The monoisotopic (exact) mass is 411 g/mol. The summed E-state index contributed by atoms with van der Waals surface area (Å²) in [5.41, 5.74) is 2.11. The fourth-order valence-corrected chi connectivity index (χ4v) is 3.30. The number of hydrogen-bond acceptors (Lipinski definition) is 5. The highest BCUT2D eigenvalue weighted by Crippen LogP contribution is 2.18. The van der Waals surface area contributed by atoms with E-state index in [-0.39, 0.29) is 18.4 Å². The van der Waals surface area contributed by atoms with Gasteiger partial charge in [-0.1, -0.05) is 6.07 Å². The molecule has 1 fully saturated rings. The lowest BCUT2D eigenvalue weighted by molar-refractivity contribution is -0.114. The Morgan fingerprint density at radius 2 is 1.73 bits per heavy atom. The van der Waals surface area contributed by atoms with Crippen LogP contribution in [0.25, 0.3) is 0 Å². The van der Waals surface area contributed by atoms with Gasteiger partial charge in [-0.05, 0) is 55.7 Å². The Bertz CT molecular complexity index is 833. The second-order valence-electron chi connectivity index (χ2n) is 7.20. The molecule has 2 aromatic rings. The molecule has 1 aliphatic heterocycles. The first-order valence-electron chi connectivity index (χ1n) is 10.3. The van der Waals surface area contributed by atoms with Crippen molar-refractivity contribution < 1.29 is 19.1 Å². The van der Waals surface area contributed by atoms with Crippen molar-refractivity contribution in [2.24, 2.45) is 0 Å². The van der Waals surface area contributed by atoms with Crippen LogP contribution < -0.4 is 15.4 Å². The van der Waals surface area contributed by atoms with E-state index in [0.29, 0.717) is 30.2 Å². The van der Waals surface area contributed by atoms with E-state index in [1.807, 2.05) is 29.2 Å². The minimum Gasteiger partial charge on any atom is -0.491 e. The normalized spacial score (nSPS) is 13.6. The highest BCUT2D eigenvalue weighted by molar-refractivity contribution is 5.96. The van der Waals surface area contributed by atoms with Gasteiger partial charge in [-0.2, -0.15) is 0 Å². The SMILES string of the molecule is COCCOc1cccc(NCC(=O)Nc2ccc(C(=O)N3CCCCC3)cc2)c1. The maximum absolute atomic E-state index is 12.5. The summed E-state index contributed by atoms with van der Waals surface area (Å²) in [7, 11) is 1.63. The number of ether oxygens (including phenoxy) is 2. The van der Waals surface area contributed by atoms with Gasteiger partial charge in [0.25, 0.3) is 5.91 Å². The van der Waals surface area contributed by atoms with Crippen LogP contribution in [0.5, 0.6) is 5.75 Å². The van der Waals surface area contributed by atoms with Gasteiger partial charge in [0.2, 0.25) is 5.91 Å². The second-order valence-corrected chi connectivity index (χ2v) is 7.20. The molecule has 7 heteroatoms. The number of likely N-dealkylation sites (tertiary alicyclic amines) is 1. The van der Waals surface area contributed by atoms with Gasteiger partial charge in [0.05, 0.1) is 13.2 Å². The standard InChI is InChI=1S/C23H29N3O4/c1-29-14-15-30-21-7-5-6-20(16-21)24-17-22(27)25-19-10-8-18(9-11-19)23(28)26-12-3-2-4-13-26/h5-11,16,24H,2-4,12-15,17H2,1H3,(H,25,27). The summed E-state index contributed by atoms with van der Waals surface area (Å²) in [6, 6.07) is 14.5. The molecule has 0 aromatic heterocycles. The third-order valence-corrected chi connectivity index (χ3v) is 4.90. The number of nitrogens with one attached hydrogen (secondary N) is 2. The fourth-order valence-electron chi connectivity index (χ4n) is 3.30. The van der Waals surface area contributed by atoms with E-state index in [2.05, 4.69) is 10.6 Å². The van der Waals surface area contributed by atoms with Crippen LogP contribution in [0.15, 0.2) is 48.5 Å². The third kappa shape index (κ3) is 6.49. The molecule has 30 heavy (non-hydrogen) atoms. The van der Waals surface area contributed by atoms with Crippen molar-refractivity contribution in [3.05, 3.63) is 54.1 Å². The van der Waals surface area contributed by atoms with Gasteiger partial charge in [-0.3, -0.25) is 9.59 Å². The number of nitrogens with zero attached hydrogens (tertiary/aromatic N) is 1. The molecule has 7 nitrogen and oxygen atoms in total. The molecular formula is C23H29N3O4. The number of piperidine rings is 1. The summed E-state index contributed by atoms with van der Waals surface area (Å²) in [4.78, 5) is 26.7. The van der Waals surface area contributed by atoms with Crippen LogP contribution in [0.2, 0.25) is 0 Å². The first-order chi connectivity index (χ1) is 14.7. The van der Waals surface area contributed by atoms with Crippen LogP contribution in [0.3, 0.4) is 0 Å². The zero-order chi connectivity index (χ0) is 21.2. The maximum Gasteiger partial charge on any atom is 0.253 e. The van der Waals surface area contributed by atoms with Gasteiger partial charge in [0.15, 0.2) is 0 Å². The van der Waals surface area contributed by atoms with Crippen LogP contribution >= 0.6 is 0 Å². The summed E-state index contributed by atoms with van der Waals surface area (Å²) < 4.78 is 10.5. The van der Waals surface area contributed by atoms with E-state index < -0.39 is 0 Å². The van der Waals surface area contributed by atoms with Gasteiger partial charge in [0.1, 0.15) is 12.4 Å². The number of amides is 2. The zero-order valence-corrected chi connectivity index (χ0v) is 17.4. The molecule has 1 saturated heterocycles. The van der Waals surface area contributed by atoms with Crippen LogP contribution in [0.4, 0.5) is 11.4 Å². The molecule has 0 saturated carbocycles. The zero-order valence-electron chi connectivity index (χ0n) is 17.4. The minimum atomic E-state index is -0.171. The highest BCUT2D eigenvalue weighted by atomic mass is 16.5. The number of hydrogen-bond donors (Lipinski definition) is 2. The van der Waals surface area contributed by atoms with Crippen molar-refractivity contribution in [1.82, 2.24) is 4.90 Å². The van der Waals surface area contributed by atoms with Gasteiger partial charge in [0, 0.05) is 43.2 Å². The Kier molecular flexibility index (Phi) is 8.09. The molecule has 0 aliphatic carbocycles. The van der Waals surface area contributed by atoms with Crippen molar-refractivity contribution in [2.45, 2.75) is 19.3 Å². The first-order valence-corrected chi connectivity index (χ1v) is 10.3. The molecule has 2 amide bonds. The third-order valence-electron chi connectivity index (χ3n) is 4.90. The number of carbonyl (C=O) groups excluding carboxylic acids is 2. The number of carbonyl (C=O) groups is 2. The molecule has 3 rings (SSSR count). The molecular weight excluding hydrogens is 382 g/mol. The van der Waals surface area contributed by atoms with Crippen molar-refractivity contribution in [2.75, 3.05) is 50.6 Å². The number of anilines is 2. The van der Waals surface area contributed by atoms with E-state index in [4.69, 9.17) is 9.47 Å². The van der Waals surface area contributed by atoms with Crippen molar-refractivity contribution in [3.8, 4) is 5.75 Å². The van der Waals surface area contributed by atoms with Crippen molar-refractivity contribution in [1.29, 1.82) is 0 Å². The number of methoxy groups -OCH3 is 1. The predicted molar refractivity (Wildman–Crippen MR) is 117 cm³/mol. The summed E-state index contributed by atoms with van der Waals surface area (Å²) >= 11 is 0. The van der Waals surface area contributed by atoms with Gasteiger partial charge < -0.3 is 25.0 Å². The predicted octanol–water partition coefficient (Wildman–Crippen LogP) is 3.39. The van der Waals surface area contributed by atoms with E-state index in [0.717, 1.165) is 31.6 Å². The number of benzene rings is 2. The molecule has 1 heterocycles. The van der Waals surface area contributed by atoms with Gasteiger partial charge in [-0.25, -0.2) is 0 Å². The Morgan fingerprint density at radius 1 is 0.967 bits per heavy atom. The summed E-state index contributed by atoms with van der Waals surface area (Å²) in [6.45, 7) is 2.75. The lowest BCUT2D eigenvalue weighted by atomic mass is 10.1. The van der Waals surface area contributed by atoms with Gasteiger partial charge in [-0.15, -0.1) is 0 Å². The maximum atomic E-state index is 12.5. The molecule has 2 N–H and O–H groups in total. The Balaban J connectivity index is 1.47. The van der Waals surface area contributed by atoms with Crippen LogP contribution in [-0.4, -0.2) is 56.7 Å². The molecule has 0 radical (unpaired) electrons. The molecule has 160 valence electrons. The topological polar surface area (TPSA) is 79.9 Å². The Hall–Kier alpha value is -3.06. The summed E-state index contributed by atoms with van der Waals surface area (Å²) in [5.74, 6) is 0.601. The molecule has 2 aromatic carbocycles. The largest absolute Gasteiger partial charge is 0.491 e.